The molecule has 1 saturated heterocycles. The van der Waals surface area contributed by atoms with Gasteiger partial charge in [-0.05, 0) is 24.3 Å². The minimum absolute atomic E-state index is 0.291. The molecule has 0 unspecified atom stereocenters. The van der Waals surface area contributed by atoms with E-state index in [9.17, 15) is 4.39 Å². The molecule has 1 N–H and O–H groups in total. The Morgan fingerprint density at radius 3 is 2.79 bits per heavy atom. The van der Waals surface area contributed by atoms with Gasteiger partial charge in [-0.1, -0.05) is 6.07 Å². The van der Waals surface area contributed by atoms with Crippen molar-refractivity contribution in [2.75, 3.05) is 43.1 Å². The monoisotopic (exact) mass is 392 g/mol. The van der Waals surface area contributed by atoms with Crippen molar-refractivity contribution in [2.45, 2.75) is 6.42 Å². The predicted molar refractivity (Wildman–Crippen MR) is 109 cm³/mol. The summed E-state index contributed by atoms with van der Waals surface area (Å²) in [5.41, 5.74) is 4.60. The highest BCUT2D eigenvalue weighted by Gasteiger charge is 2.23. The highest BCUT2D eigenvalue weighted by atomic mass is 19.1. The maximum atomic E-state index is 14.3. The number of hydrogen-bond donors (Lipinski definition) is 1. The summed E-state index contributed by atoms with van der Waals surface area (Å²) < 4.78 is 25.6. The molecule has 4 heterocycles. The van der Waals surface area contributed by atoms with Crippen molar-refractivity contribution in [3.8, 4) is 16.9 Å². The quantitative estimate of drug-likeness (QED) is 0.729. The summed E-state index contributed by atoms with van der Waals surface area (Å²) in [6.45, 7) is 3.40. The van der Waals surface area contributed by atoms with Gasteiger partial charge in [0, 0.05) is 66.2 Å². The Morgan fingerprint density at radius 1 is 1.07 bits per heavy atom. The van der Waals surface area contributed by atoms with Crippen LogP contribution in [0.4, 0.5) is 21.6 Å². The van der Waals surface area contributed by atoms with Crippen LogP contribution in [0.25, 0.3) is 11.1 Å². The van der Waals surface area contributed by atoms with Crippen LogP contribution in [-0.2, 0) is 11.2 Å². The first kappa shape index (κ1) is 17.9. The van der Waals surface area contributed by atoms with E-state index < -0.39 is 0 Å². The van der Waals surface area contributed by atoms with Crippen molar-refractivity contribution in [3.05, 3.63) is 60.3 Å². The molecular formula is C22H21FN4O2. The molecule has 2 aromatic heterocycles. The molecule has 2 aliphatic heterocycles. The van der Waals surface area contributed by atoms with E-state index in [1.165, 1.54) is 6.07 Å². The molecule has 7 heteroatoms. The summed E-state index contributed by atoms with van der Waals surface area (Å²) in [6.07, 6.45) is 6.21. The van der Waals surface area contributed by atoms with Crippen LogP contribution in [0.2, 0.25) is 0 Å². The maximum Gasteiger partial charge on any atom is 0.173 e. The van der Waals surface area contributed by atoms with Crippen LogP contribution in [-0.4, -0.2) is 42.9 Å². The van der Waals surface area contributed by atoms with E-state index >= 15 is 0 Å². The Morgan fingerprint density at radius 2 is 1.97 bits per heavy atom. The predicted octanol–water partition coefficient (Wildman–Crippen LogP) is 3.80. The summed E-state index contributed by atoms with van der Waals surface area (Å²) in [5.74, 6) is 1.04. The van der Waals surface area contributed by atoms with Gasteiger partial charge in [-0.3, -0.25) is 4.98 Å². The molecule has 0 spiro atoms. The normalized spacial score (nSPS) is 15.7. The molecule has 0 amide bonds. The molecule has 0 atom stereocenters. The molecule has 6 nitrogen and oxygen atoms in total. The van der Waals surface area contributed by atoms with Crippen LogP contribution in [0.5, 0.6) is 5.75 Å². The minimum Gasteiger partial charge on any atom is -0.489 e. The van der Waals surface area contributed by atoms with E-state index in [0.717, 1.165) is 47.6 Å². The lowest BCUT2D eigenvalue weighted by molar-refractivity contribution is 0.122. The van der Waals surface area contributed by atoms with Gasteiger partial charge in [-0.15, -0.1) is 0 Å². The number of benzene rings is 1. The number of fused-ring (bicyclic) bond motifs is 1. The van der Waals surface area contributed by atoms with Crippen LogP contribution in [0.1, 0.15) is 5.56 Å². The lowest BCUT2D eigenvalue weighted by atomic mass is 10.0. The van der Waals surface area contributed by atoms with Gasteiger partial charge in [0.2, 0.25) is 0 Å². The van der Waals surface area contributed by atoms with Crippen LogP contribution < -0.4 is 15.0 Å². The summed E-state index contributed by atoms with van der Waals surface area (Å²) in [4.78, 5) is 10.9. The van der Waals surface area contributed by atoms with E-state index in [4.69, 9.17) is 9.47 Å². The van der Waals surface area contributed by atoms with Crippen molar-refractivity contribution in [1.29, 1.82) is 0 Å². The fourth-order valence-corrected chi connectivity index (χ4v) is 3.84. The molecule has 5 rings (SSSR count). The number of nitrogens with one attached hydrogen (secondary N) is 1. The SMILES string of the molecule is Fc1cc(Nc2ncc(-c3cccnc3)c3c2OCC3)cc(N2CCOCC2)c1. The summed E-state index contributed by atoms with van der Waals surface area (Å²) in [6, 6.07) is 8.88. The molecule has 1 fully saturated rings. The Kier molecular flexibility index (Phi) is 4.73. The average Bonchev–Trinajstić information content (AvgIpc) is 3.25. The van der Waals surface area contributed by atoms with Gasteiger partial charge in [0.05, 0.1) is 19.8 Å². The third-order valence-electron chi connectivity index (χ3n) is 5.23. The highest BCUT2D eigenvalue weighted by molar-refractivity contribution is 5.76. The zero-order chi connectivity index (χ0) is 19.6. The lowest BCUT2D eigenvalue weighted by Crippen LogP contribution is -2.36. The Labute approximate surface area is 168 Å². The van der Waals surface area contributed by atoms with Gasteiger partial charge in [0.25, 0.3) is 0 Å². The van der Waals surface area contributed by atoms with Gasteiger partial charge < -0.3 is 19.7 Å². The third-order valence-corrected chi connectivity index (χ3v) is 5.23. The van der Waals surface area contributed by atoms with E-state index in [-0.39, 0.29) is 5.82 Å². The number of morpholine rings is 1. The van der Waals surface area contributed by atoms with Gasteiger partial charge in [0.1, 0.15) is 5.82 Å². The molecule has 1 aromatic carbocycles. The maximum absolute atomic E-state index is 14.3. The molecule has 148 valence electrons. The van der Waals surface area contributed by atoms with E-state index in [1.807, 2.05) is 30.6 Å². The standard InChI is InChI=1S/C22H21FN4O2/c23-16-10-17(12-18(11-16)27-5-8-28-9-6-27)26-22-21-19(3-7-29-21)20(14-25-22)15-2-1-4-24-13-15/h1-2,4,10-14H,3,5-9H2,(H,25,26). The van der Waals surface area contributed by atoms with Crippen LogP contribution in [0.15, 0.2) is 48.9 Å². The number of halogens is 1. The Hall–Kier alpha value is -3.19. The number of nitrogens with zero attached hydrogens (tertiary/aromatic N) is 3. The number of rotatable bonds is 4. The van der Waals surface area contributed by atoms with Gasteiger partial charge in [-0.25, -0.2) is 9.37 Å². The topological polar surface area (TPSA) is 59.5 Å². The summed E-state index contributed by atoms with van der Waals surface area (Å²) in [7, 11) is 0. The molecule has 3 aromatic rings. The largest absolute Gasteiger partial charge is 0.489 e. The second-order valence-corrected chi connectivity index (χ2v) is 7.09. The minimum atomic E-state index is -0.291. The van der Waals surface area contributed by atoms with E-state index in [2.05, 4.69) is 20.2 Å². The van der Waals surface area contributed by atoms with Gasteiger partial charge >= 0.3 is 0 Å². The first-order valence-corrected chi connectivity index (χ1v) is 9.73. The molecule has 0 bridgehead atoms. The Balaban J connectivity index is 1.47. The van der Waals surface area contributed by atoms with Crippen LogP contribution >= 0.6 is 0 Å². The van der Waals surface area contributed by atoms with E-state index in [1.54, 1.807) is 12.3 Å². The summed E-state index contributed by atoms with van der Waals surface area (Å²) in [5, 5.41) is 3.25. The zero-order valence-electron chi connectivity index (χ0n) is 15.9. The molecule has 0 aliphatic carbocycles. The van der Waals surface area contributed by atoms with Gasteiger partial charge in [0.15, 0.2) is 11.6 Å². The second kappa shape index (κ2) is 7.67. The molecule has 2 aliphatic rings. The fourth-order valence-electron chi connectivity index (χ4n) is 3.84. The second-order valence-electron chi connectivity index (χ2n) is 7.09. The smallest absolute Gasteiger partial charge is 0.173 e. The summed E-state index contributed by atoms with van der Waals surface area (Å²) >= 11 is 0. The first-order valence-electron chi connectivity index (χ1n) is 9.73. The number of anilines is 3. The Bertz CT molecular complexity index is 1020. The van der Waals surface area contributed by atoms with Crippen LogP contribution in [0.3, 0.4) is 0 Å². The molecule has 0 saturated carbocycles. The molecule has 0 radical (unpaired) electrons. The van der Waals surface area contributed by atoms with Crippen LogP contribution in [0, 0.1) is 5.82 Å². The number of pyridine rings is 2. The number of aromatic nitrogens is 2. The van der Waals surface area contributed by atoms with E-state index in [0.29, 0.717) is 31.3 Å². The van der Waals surface area contributed by atoms with Crippen molar-refractivity contribution < 1.29 is 13.9 Å². The van der Waals surface area contributed by atoms with Crippen molar-refractivity contribution in [2.24, 2.45) is 0 Å². The van der Waals surface area contributed by atoms with Crippen molar-refractivity contribution >= 4 is 17.2 Å². The average molecular weight is 392 g/mol. The van der Waals surface area contributed by atoms with Gasteiger partial charge in [-0.2, -0.15) is 0 Å². The third kappa shape index (κ3) is 3.61. The fraction of sp³-hybridized carbons (Fsp3) is 0.273. The highest BCUT2D eigenvalue weighted by Crippen LogP contribution is 2.40. The van der Waals surface area contributed by atoms with Crippen molar-refractivity contribution in [1.82, 2.24) is 9.97 Å². The lowest BCUT2D eigenvalue weighted by Gasteiger charge is -2.29. The van der Waals surface area contributed by atoms with Crippen molar-refractivity contribution in [3.63, 3.8) is 0 Å². The number of ether oxygens (including phenoxy) is 2. The molecular weight excluding hydrogens is 371 g/mol. The first-order chi connectivity index (χ1) is 14.3. The zero-order valence-corrected chi connectivity index (χ0v) is 15.9. The molecule has 29 heavy (non-hydrogen) atoms. The number of hydrogen-bond acceptors (Lipinski definition) is 6.